The van der Waals surface area contributed by atoms with E-state index in [1.54, 1.807) is 6.92 Å². The first-order valence-corrected chi connectivity index (χ1v) is 7.44. The van der Waals surface area contributed by atoms with E-state index in [0.717, 1.165) is 0 Å². The van der Waals surface area contributed by atoms with Crippen molar-refractivity contribution in [2.45, 2.75) is 33.2 Å². The summed E-state index contributed by atoms with van der Waals surface area (Å²) in [4.78, 5) is 11.5. The second kappa shape index (κ2) is 7.62. The maximum absolute atomic E-state index is 11.5. The lowest BCUT2D eigenvalue weighted by atomic mass is 10.0. The van der Waals surface area contributed by atoms with Crippen molar-refractivity contribution in [2.75, 3.05) is 18.8 Å². The van der Waals surface area contributed by atoms with Crippen LogP contribution in [0.5, 0.6) is 0 Å². The molecule has 7 heteroatoms. The van der Waals surface area contributed by atoms with Crippen molar-refractivity contribution < 1.29 is 13.2 Å². The zero-order valence-corrected chi connectivity index (χ0v) is 11.5. The van der Waals surface area contributed by atoms with Crippen molar-refractivity contribution in [3.8, 4) is 0 Å². The van der Waals surface area contributed by atoms with E-state index >= 15 is 0 Å². The van der Waals surface area contributed by atoms with Gasteiger partial charge < -0.3 is 11.1 Å². The molecule has 0 saturated carbocycles. The predicted octanol–water partition coefficient (Wildman–Crippen LogP) is -0.585. The van der Waals surface area contributed by atoms with E-state index in [0.29, 0.717) is 18.9 Å². The lowest BCUT2D eigenvalue weighted by Gasteiger charge is -2.14. The Morgan fingerprint density at radius 1 is 1.35 bits per heavy atom. The monoisotopic (exact) mass is 265 g/mol. The molecule has 17 heavy (non-hydrogen) atoms. The van der Waals surface area contributed by atoms with Gasteiger partial charge >= 0.3 is 0 Å². The number of nitrogens with one attached hydrogen (secondary N) is 2. The molecule has 0 aromatic heterocycles. The van der Waals surface area contributed by atoms with Crippen LogP contribution in [0.3, 0.4) is 0 Å². The van der Waals surface area contributed by atoms with Crippen molar-refractivity contribution in [1.82, 2.24) is 10.0 Å². The van der Waals surface area contributed by atoms with Gasteiger partial charge in [-0.15, -0.1) is 0 Å². The van der Waals surface area contributed by atoms with Crippen LogP contribution in [0.2, 0.25) is 0 Å². The van der Waals surface area contributed by atoms with Crippen molar-refractivity contribution in [3.05, 3.63) is 0 Å². The van der Waals surface area contributed by atoms with Gasteiger partial charge in [0.2, 0.25) is 15.9 Å². The van der Waals surface area contributed by atoms with Gasteiger partial charge in [-0.1, -0.05) is 20.8 Å². The molecule has 102 valence electrons. The molecular weight excluding hydrogens is 242 g/mol. The fourth-order valence-corrected chi connectivity index (χ4v) is 2.30. The van der Waals surface area contributed by atoms with Crippen LogP contribution in [0.15, 0.2) is 0 Å². The lowest BCUT2D eigenvalue weighted by Crippen LogP contribution is -2.43. The molecule has 1 amide bonds. The maximum Gasteiger partial charge on any atom is 0.236 e. The van der Waals surface area contributed by atoms with Gasteiger partial charge in [-0.25, -0.2) is 13.1 Å². The molecule has 1 unspecified atom stereocenters. The summed E-state index contributed by atoms with van der Waals surface area (Å²) in [6.45, 7) is 6.09. The van der Waals surface area contributed by atoms with E-state index in [-0.39, 0.29) is 18.2 Å². The fraction of sp³-hybridized carbons (Fsp3) is 0.900. The summed E-state index contributed by atoms with van der Waals surface area (Å²) >= 11 is 0. The van der Waals surface area contributed by atoms with Gasteiger partial charge in [0.25, 0.3) is 0 Å². The normalized spacial score (nSPS) is 13.7. The summed E-state index contributed by atoms with van der Waals surface area (Å²) in [5, 5.41) is 2.52. The van der Waals surface area contributed by atoms with E-state index < -0.39 is 16.1 Å². The molecule has 0 saturated heterocycles. The van der Waals surface area contributed by atoms with Crippen molar-refractivity contribution >= 4 is 15.9 Å². The molecular formula is C10H23N3O3S. The highest BCUT2D eigenvalue weighted by Gasteiger charge is 2.15. The topological polar surface area (TPSA) is 101 Å². The molecule has 0 aromatic carbocycles. The lowest BCUT2D eigenvalue weighted by molar-refractivity contribution is -0.122. The Morgan fingerprint density at radius 3 is 2.41 bits per heavy atom. The Kier molecular flexibility index (Phi) is 7.33. The molecule has 0 spiro atoms. The van der Waals surface area contributed by atoms with Gasteiger partial charge in [-0.05, 0) is 12.3 Å². The summed E-state index contributed by atoms with van der Waals surface area (Å²) in [5.74, 6) is -0.0901. The van der Waals surface area contributed by atoms with Gasteiger partial charge in [-0.3, -0.25) is 4.79 Å². The predicted molar refractivity (Wildman–Crippen MR) is 67.9 cm³/mol. The first kappa shape index (κ1) is 16.3. The Hall–Kier alpha value is -0.660. The van der Waals surface area contributed by atoms with Crippen LogP contribution < -0.4 is 15.8 Å². The fourth-order valence-electron chi connectivity index (χ4n) is 1.35. The number of rotatable bonds is 8. The zero-order chi connectivity index (χ0) is 13.5. The number of carbonyl (C=O) groups excluding carboxylic acids is 1. The van der Waals surface area contributed by atoms with Crippen LogP contribution >= 0.6 is 0 Å². The Bertz CT molecular complexity index is 328. The second-order valence-corrected chi connectivity index (χ2v) is 6.27. The standard InChI is InChI=1S/C10H23N3O3S/c1-4-13-17(15,16)6-5-12-10(14)9(11)7-8(2)3/h8-9,13H,4-7,11H2,1-3H3,(H,12,14). The quantitative estimate of drug-likeness (QED) is 0.546. The van der Waals surface area contributed by atoms with Gasteiger partial charge in [0, 0.05) is 13.1 Å². The van der Waals surface area contributed by atoms with Crippen molar-refractivity contribution in [2.24, 2.45) is 11.7 Å². The van der Waals surface area contributed by atoms with Crippen LogP contribution in [-0.2, 0) is 14.8 Å². The molecule has 0 aromatic rings. The molecule has 0 heterocycles. The Balaban J connectivity index is 3.93. The molecule has 4 N–H and O–H groups in total. The minimum Gasteiger partial charge on any atom is -0.354 e. The summed E-state index contributed by atoms with van der Waals surface area (Å²) in [5.41, 5.74) is 5.65. The third-order valence-corrected chi connectivity index (χ3v) is 3.57. The summed E-state index contributed by atoms with van der Waals surface area (Å²) in [7, 11) is -3.28. The third-order valence-electron chi connectivity index (χ3n) is 2.10. The molecule has 0 rings (SSSR count). The van der Waals surface area contributed by atoms with Crippen molar-refractivity contribution in [1.29, 1.82) is 0 Å². The van der Waals surface area contributed by atoms with E-state index in [1.165, 1.54) is 0 Å². The highest BCUT2D eigenvalue weighted by atomic mass is 32.2. The first-order chi connectivity index (χ1) is 7.78. The molecule has 0 fully saturated rings. The third kappa shape index (κ3) is 8.12. The number of hydrogen-bond donors (Lipinski definition) is 3. The average Bonchev–Trinajstić information content (AvgIpc) is 2.15. The Morgan fingerprint density at radius 2 is 1.94 bits per heavy atom. The molecule has 1 atom stereocenters. The summed E-state index contributed by atoms with van der Waals surface area (Å²) < 4.78 is 24.9. The van der Waals surface area contributed by atoms with Crippen LogP contribution in [0.1, 0.15) is 27.2 Å². The number of amides is 1. The maximum atomic E-state index is 11.5. The van der Waals surface area contributed by atoms with Gasteiger partial charge in [0.1, 0.15) is 0 Å². The van der Waals surface area contributed by atoms with E-state index in [9.17, 15) is 13.2 Å². The first-order valence-electron chi connectivity index (χ1n) is 5.79. The summed E-state index contributed by atoms with van der Waals surface area (Å²) in [6.07, 6.45) is 0.589. The number of carbonyl (C=O) groups is 1. The Labute approximate surface area is 103 Å². The molecule has 0 aliphatic heterocycles. The van der Waals surface area contributed by atoms with E-state index in [4.69, 9.17) is 5.73 Å². The highest BCUT2D eigenvalue weighted by Crippen LogP contribution is 2.02. The smallest absolute Gasteiger partial charge is 0.236 e. The minimum absolute atomic E-state index is 0.0833. The van der Waals surface area contributed by atoms with Gasteiger partial charge in [-0.2, -0.15) is 0 Å². The van der Waals surface area contributed by atoms with E-state index in [1.807, 2.05) is 13.8 Å². The van der Waals surface area contributed by atoms with Gasteiger partial charge in [0.15, 0.2) is 0 Å². The molecule has 0 radical (unpaired) electrons. The van der Waals surface area contributed by atoms with Crippen LogP contribution in [0.4, 0.5) is 0 Å². The van der Waals surface area contributed by atoms with Crippen LogP contribution in [-0.4, -0.2) is 39.2 Å². The largest absolute Gasteiger partial charge is 0.354 e. The van der Waals surface area contributed by atoms with Crippen LogP contribution in [0.25, 0.3) is 0 Å². The van der Waals surface area contributed by atoms with Crippen molar-refractivity contribution in [3.63, 3.8) is 0 Å². The number of hydrogen-bond acceptors (Lipinski definition) is 4. The molecule has 0 bridgehead atoms. The average molecular weight is 265 g/mol. The number of sulfonamides is 1. The minimum atomic E-state index is -3.28. The molecule has 6 nitrogen and oxygen atoms in total. The van der Waals surface area contributed by atoms with Gasteiger partial charge in [0.05, 0.1) is 11.8 Å². The highest BCUT2D eigenvalue weighted by molar-refractivity contribution is 7.89. The van der Waals surface area contributed by atoms with E-state index in [2.05, 4.69) is 10.0 Å². The molecule has 0 aliphatic carbocycles. The van der Waals surface area contributed by atoms with Crippen LogP contribution in [0, 0.1) is 5.92 Å². The summed E-state index contributed by atoms with van der Waals surface area (Å²) in [6, 6.07) is -0.572. The SMILES string of the molecule is CCNS(=O)(=O)CCNC(=O)C(N)CC(C)C. The molecule has 0 aliphatic rings. The number of nitrogens with two attached hydrogens (primary N) is 1. The zero-order valence-electron chi connectivity index (χ0n) is 10.7. The second-order valence-electron chi connectivity index (χ2n) is 4.34.